The topological polar surface area (TPSA) is 35.2 Å². The minimum atomic E-state index is -0.269. The highest BCUT2D eigenvalue weighted by Crippen LogP contribution is 2.27. The van der Waals surface area contributed by atoms with Gasteiger partial charge in [0.15, 0.2) is 0 Å². The van der Waals surface area contributed by atoms with Crippen molar-refractivity contribution in [2.24, 2.45) is 5.73 Å². The maximum Gasteiger partial charge on any atom is 0.124 e. The van der Waals surface area contributed by atoms with Gasteiger partial charge in [0, 0.05) is 21.6 Å². The largest absolute Gasteiger partial charge is 0.489 e. The second kappa shape index (κ2) is 6.86. The minimum Gasteiger partial charge on any atom is -0.489 e. The molecular formula is C16H17BrFNO. The van der Waals surface area contributed by atoms with Crippen LogP contribution in [0.1, 0.15) is 30.5 Å². The molecule has 0 radical (unpaired) electrons. The average Bonchev–Trinajstić information content (AvgIpc) is 2.46. The molecule has 0 fully saturated rings. The summed E-state index contributed by atoms with van der Waals surface area (Å²) in [6.07, 6.45) is 0.848. The number of ether oxygens (including phenoxy) is 1. The number of para-hydroxylation sites is 1. The van der Waals surface area contributed by atoms with Crippen molar-refractivity contribution in [1.82, 2.24) is 0 Å². The van der Waals surface area contributed by atoms with Crippen molar-refractivity contribution in [2.45, 2.75) is 26.0 Å². The molecule has 4 heteroatoms. The molecule has 0 bridgehead atoms. The quantitative estimate of drug-likeness (QED) is 0.866. The van der Waals surface area contributed by atoms with Crippen LogP contribution in [-0.2, 0) is 6.61 Å². The third kappa shape index (κ3) is 3.58. The summed E-state index contributed by atoms with van der Waals surface area (Å²) in [5, 5.41) is 0. The van der Waals surface area contributed by atoms with Crippen LogP contribution in [0.5, 0.6) is 5.75 Å². The van der Waals surface area contributed by atoms with Crippen LogP contribution in [0.2, 0.25) is 0 Å². The highest BCUT2D eigenvalue weighted by molar-refractivity contribution is 9.10. The predicted octanol–water partition coefficient (Wildman–Crippen LogP) is 4.58. The Bertz CT molecular complexity index is 588. The first-order chi connectivity index (χ1) is 9.61. The molecule has 2 rings (SSSR count). The Kier molecular flexibility index (Phi) is 5.15. The molecule has 20 heavy (non-hydrogen) atoms. The third-order valence-corrected chi connectivity index (χ3v) is 3.89. The summed E-state index contributed by atoms with van der Waals surface area (Å²) in [6, 6.07) is 12.3. The van der Waals surface area contributed by atoms with Gasteiger partial charge >= 0.3 is 0 Å². The monoisotopic (exact) mass is 337 g/mol. The van der Waals surface area contributed by atoms with Gasteiger partial charge in [-0.1, -0.05) is 47.1 Å². The Morgan fingerprint density at radius 2 is 2.00 bits per heavy atom. The number of hydrogen-bond acceptors (Lipinski definition) is 2. The molecule has 0 saturated heterocycles. The lowest BCUT2D eigenvalue weighted by Crippen LogP contribution is -2.10. The van der Waals surface area contributed by atoms with Crippen LogP contribution in [0.15, 0.2) is 46.9 Å². The summed E-state index contributed by atoms with van der Waals surface area (Å²) in [5.74, 6) is 0.507. The predicted molar refractivity (Wildman–Crippen MR) is 82.1 cm³/mol. The van der Waals surface area contributed by atoms with Crippen LogP contribution in [0.25, 0.3) is 0 Å². The van der Waals surface area contributed by atoms with Gasteiger partial charge in [0.25, 0.3) is 0 Å². The van der Waals surface area contributed by atoms with Gasteiger partial charge in [-0.3, -0.25) is 0 Å². The van der Waals surface area contributed by atoms with E-state index in [1.165, 1.54) is 12.1 Å². The van der Waals surface area contributed by atoms with E-state index < -0.39 is 0 Å². The van der Waals surface area contributed by atoms with Gasteiger partial charge in [0.1, 0.15) is 18.2 Å². The lowest BCUT2D eigenvalue weighted by molar-refractivity contribution is 0.300. The van der Waals surface area contributed by atoms with Crippen LogP contribution in [0, 0.1) is 5.82 Å². The number of hydrogen-bond donors (Lipinski definition) is 1. The zero-order valence-corrected chi connectivity index (χ0v) is 12.9. The zero-order chi connectivity index (χ0) is 14.5. The summed E-state index contributed by atoms with van der Waals surface area (Å²) in [4.78, 5) is 0. The van der Waals surface area contributed by atoms with Gasteiger partial charge in [-0.25, -0.2) is 4.39 Å². The van der Waals surface area contributed by atoms with Gasteiger partial charge in [-0.2, -0.15) is 0 Å². The van der Waals surface area contributed by atoms with Crippen molar-refractivity contribution in [3.63, 3.8) is 0 Å². The fourth-order valence-electron chi connectivity index (χ4n) is 1.93. The first-order valence-electron chi connectivity index (χ1n) is 6.53. The maximum absolute atomic E-state index is 13.0. The van der Waals surface area contributed by atoms with Gasteiger partial charge in [-0.15, -0.1) is 0 Å². The first-order valence-corrected chi connectivity index (χ1v) is 7.32. The molecule has 1 atom stereocenters. The molecule has 2 aromatic rings. The smallest absolute Gasteiger partial charge is 0.124 e. The van der Waals surface area contributed by atoms with E-state index in [0.29, 0.717) is 11.1 Å². The van der Waals surface area contributed by atoms with Crippen LogP contribution in [-0.4, -0.2) is 0 Å². The minimum absolute atomic E-state index is 0.0390. The van der Waals surface area contributed by atoms with Crippen LogP contribution in [0.3, 0.4) is 0 Å². The van der Waals surface area contributed by atoms with Crippen LogP contribution < -0.4 is 10.5 Å². The fraction of sp³-hybridized carbons (Fsp3) is 0.250. The maximum atomic E-state index is 13.0. The number of rotatable bonds is 5. The Balaban J connectivity index is 2.15. The standard InChI is InChI=1S/C16H17BrFNO/c1-2-15(19)13-5-3-4-6-16(13)20-10-11-7-8-12(18)9-14(11)17/h3-9,15H,2,10,19H2,1H3/t15-/m1/s1. The fourth-order valence-corrected chi connectivity index (χ4v) is 2.40. The molecule has 0 heterocycles. The molecule has 0 unspecified atom stereocenters. The van der Waals surface area contributed by atoms with Crippen molar-refractivity contribution in [3.8, 4) is 5.75 Å². The Labute approximate surface area is 126 Å². The van der Waals surface area contributed by atoms with Crippen molar-refractivity contribution >= 4 is 15.9 Å². The molecule has 2 N–H and O–H groups in total. The van der Waals surface area contributed by atoms with Crippen molar-refractivity contribution in [2.75, 3.05) is 0 Å². The Morgan fingerprint density at radius 3 is 2.70 bits per heavy atom. The Hall–Kier alpha value is -1.39. The second-order valence-corrected chi connectivity index (χ2v) is 5.43. The van der Waals surface area contributed by atoms with E-state index in [2.05, 4.69) is 15.9 Å². The SMILES string of the molecule is CC[C@@H](N)c1ccccc1OCc1ccc(F)cc1Br. The van der Waals surface area contributed by atoms with Gasteiger partial charge in [0.2, 0.25) is 0 Å². The summed E-state index contributed by atoms with van der Waals surface area (Å²) in [6.45, 7) is 2.41. The molecule has 2 nitrogen and oxygen atoms in total. The molecule has 0 aromatic heterocycles. The van der Waals surface area contributed by atoms with Crippen molar-refractivity contribution < 1.29 is 9.13 Å². The lowest BCUT2D eigenvalue weighted by atomic mass is 10.0. The molecular weight excluding hydrogens is 321 g/mol. The zero-order valence-electron chi connectivity index (χ0n) is 11.3. The van der Waals surface area contributed by atoms with E-state index >= 15 is 0 Å². The molecule has 0 saturated carbocycles. The highest BCUT2D eigenvalue weighted by Gasteiger charge is 2.10. The summed E-state index contributed by atoms with van der Waals surface area (Å²) >= 11 is 3.34. The van der Waals surface area contributed by atoms with E-state index in [1.54, 1.807) is 6.07 Å². The number of nitrogens with two attached hydrogens (primary N) is 1. The number of benzene rings is 2. The highest BCUT2D eigenvalue weighted by atomic mass is 79.9. The Morgan fingerprint density at radius 1 is 1.25 bits per heavy atom. The second-order valence-electron chi connectivity index (χ2n) is 4.58. The molecule has 0 spiro atoms. The van der Waals surface area contributed by atoms with Gasteiger partial charge < -0.3 is 10.5 Å². The van der Waals surface area contributed by atoms with E-state index in [1.807, 2.05) is 31.2 Å². The summed E-state index contributed by atoms with van der Waals surface area (Å²) in [7, 11) is 0. The van der Waals surface area contributed by atoms with Crippen LogP contribution in [0.4, 0.5) is 4.39 Å². The molecule has 0 amide bonds. The summed E-state index contributed by atoms with van der Waals surface area (Å²) in [5.41, 5.74) is 7.96. The van der Waals surface area contributed by atoms with Gasteiger partial charge in [-0.05, 0) is 24.6 Å². The molecule has 0 aliphatic heterocycles. The van der Waals surface area contributed by atoms with Crippen molar-refractivity contribution in [1.29, 1.82) is 0 Å². The molecule has 106 valence electrons. The summed E-state index contributed by atoms with van der Waals surface area (Å²) < 4.78 is 19.6. The van der Waals surface area contributed by atoms with E-state index in [-0.39, 0.29) is 11.9 Å². The molecule has 0 aliphatic rings. The lowest BCUT2D eigenvalue weighted by Gasteiger charge is -2.16. The molecule has 0 aliphatic carbocycles. The van der Waals surface area contributed by atoms with E-state index in [9.17, 15) is 4.39 Å². The van der Waals surface area contributed by atoms with Crippen molar-refractivity contribution in [3.05, 3.63) is 63.9 Å². The molecule has 2 aromatic carbocycles. The average molecular weight is 338 g/mol. The normalized spacial score (nSPS) is 12.2. The van der Waals surface area contributed by atoms with Crippen LogP contribution >= 0.6 is 15.9 Å². The first kappa shape index (κ1) is 15.0. The van der Waals surface area contributed by atoms with E-state index in [4.69, 9.17) is 10.5 Å². The number of halogens is 2. The van der Waals surface area contributed by atoms with Gasteiger partial charge in [0.05, 0.1) is 0 Å². The van der Waals surface area contributed by atoms with E-state index in [0.717, 1.165) is 23.3 Å². The third-order valence-electron chi connectivity index (χ3n) is 3.16.